The summed E-state index contributed by atoms with van der Waals surface area (Å²) < 4.78 is 1.84. The monoisotopic (exact) mass is 377 g/mol. The molecule has 0 unspecified atom stereocenters. The van der Waals surface area contributed by atoms with Gasteiger partial charge in [-0.05, 0) is 6.42 Å². The van der Waals surface area contributed by atoms with Crippen LogP contribution in [0.1, 0.15) is 21.7 Å². The summed E-state index contributed by atoms with van der Waals surface area (Å²) in [4.78, 5) is 39.7. The maximum Gasteiger partial charge on any atom is 0.274 e. The van der Waals surface area contributed by atoms with E-state index in [9.17, 15) is 9.59 Å². The van der Waals surface area contributed by atoms with Crippen molar-refractivity contribution in [2.45, 2.75) is 13.0 Å². The van der Waals surface area contributed by atoms with Gasteiger partial charge in [-0.3, -0.25) is 14.0 Å². The highest BCUT2D eigenvalue weighted by Gasteiger charge is 2.26. The number of nitrogens with one attached hydrogen (secondary N) is 1. The Morgan fingerprint density at radius 1 is 1.19 bits per heavy atom. The van der Waals surface area contributed by atoms with E-state index in [2.05, 4.69) is 15.0 Å². The minimum atomic E-state index is -0.139. The molecule has 1 aliphatic rings. The Hall–Kier alpha value is -3.26. The molecule has 0 atom stereocenters. The van der Waals surface area contributed by atoms with Crippen molar-refractivity contribution in [3.05, 3.63) is 75.4 Å². The molecule has 3 aromatic heterocycles. The molecule has 1 N–H and O–H groups in total. The Morgan fingerprint density at radius 3 is 2.85 bits per heavy atom. The van der Waals surface area contributed by atoms with Gasteiger partial charge >= 0.3 is 0 Å². The molecule has 4 heterocycles. The van der Waals surface area contributed by atoms with Gasteiger partial charge in [0, 0.05) is 35.4 Å². The van der Waals surface area contributed by atoms with Crippen LogP contribution in [0.15, 0.2) is 52.9 Å². The van der Waals surface area contributed by atoms with Crippen LogP contribution in [0.3, 0.4) is 0 Å². The number of H-pyrrole nitrogens is 1. The Bertz CT molecular complexity index is 1180. The lowest BCUT2D eigenvalue weighted by molar-refractivity contribution is 0.0726. The van der Waals surface area contributed by atoms with E-state index >= 15 is 0 Å². The number of thiazole rings is 1. The molecule has 0 radical (unpaired) electrons. The van der Waals surface area contributed by atoms with E-state index in [1.807, 2.05) is 46.3 Å². The number of aromatic nitrogens is 4. The minimum absolute atomic E-state index is 0.131. The van der Waals surface area contributed by atoms with Crippen molar-refractivity contribution in [1.29, 1.82) is 0 Å². The van der Waals surface area contributed by atoms with Crippen molar-refractivity contribution in [2.75, 3.05) is 6.54 Å². The second kappa shape index (κ2) is 6.17. The molecule has 1 aliphatic heterocycles. The molecule has 4 aromatic rings. The minimum Gasteiger partial charge on any atom is -0.331 e. The molecule has 0 saturated heterocycles. The number of amides is 1. The summed E-state index contributed by atoms with van der Waals surface area (Å²) in [5.41, 5.74) is 2.44. The molecule has 8 heteroatoms. The van der Waals surface area contributed by atoms with E-state index in [1.165, 1.54) is 11.3 Å². The first-order chi connectivity index (χ1) is 13.2. The van der Waals surface area contributed by atoms with Crippen LogP contribution in [-0.2, 0) is 13.0 Å². The third kappa shape index (κ3) is 2.74. The second-order valence-corrected chi connectivity index (χ2v) is 7.27. The lowest BCUT2D eigenvalue weighted by atomic mass is 10.1. The van der Waals surface area contributed by atoms with Gasteiger partial charge < -0.3 is 9.88 Å². The maximum absolute atomic E-state index is 12.9. The smallest absolute Gasteiger partial charge is 0.274 e. The number of hydrogen-bond donors (Lipinski definition) is 1. The molecule has 0 bridgehead atoms. The summed E-state index contributed by atoms with van der Waals surface area (Å²) in [5, 5.41) is 1.93. The molecule has 5 rings (SSSR count). The molecular formula is C19H15N5O2S. The number of rotatable bonds is 2. The first-order valence-corrected chi connectivity index (χ1v) is 9.46. The van der Waals surface area contributed by atoms with E-state index in [1.54, 1.807) is 11.1 Å². The molecule has 27 heavy (non-hydrogen) atoms. The van der Waals surface area contributed by atoms with Gasteiger partial charge in [0.1, 0.15) is 11.5 Å². The molecule has 0 saturated carbocycles. The fourth-order valence-electron chi connectivity index (χ4n) is 3.34. The third-order valence-electron chi connectivity index (χ3n) is 4.72. The predicted octanol–water partition coefficient (Wildman–Crippen LogP) is 2.34. The number of carbonyl (C=O) groups is 1. The lowest BCUT2D eigenvalue weighted by Gasteiger charge is -2.27. The maximum atomic E-state index is 12.9. The Morgan fingerprint density at radius 2 is 2.04 bits per heavy atom. The lowest BCUT2D eigenvalue weighted by Crippen LogP contribution is -2.39. The Balaban J connectivity index is 1.48. The normalized spacial score (nSPS) is 13.7. The highest BCUT2D eigenvalue weighted by Crippen LogP contribution is 2.20. The number of nitrogens with zero attached hydrogens (tertiary/aromatic N) is 4. The van der Waals surface area contributed by atoms with E-state index in [-0.39, 0.29) is 11.5 Å². The van der Waals surface area contributed by atoms with Crippen molar-refractivity contribution >= 4 is 22.2 Å². The van der Waals surface area contributed by atoms with Gasteiger partial charge in [-0.25, -0.2) is 9.97 Å². The van der Waals surface area contributed by atoms with Crippen LogP contribution in [0.5, 0.6) is 0 Å². The molecule has 1 aromatic carbocycles. The standard InChI is InChI=1S/C19H15N5O2S/c25-17-13-6-7-23(18(26)15-11-24-8-9-27-19(24)21-15)10-14(13)20-16(22-17)12-4-2-1-3-5-12/h1-5,8-9,11H,6-7,10H2,(H,20,22,25). The van der Waals surface area contributed by atoms with Gasteiger partial charge in [0.2, 0.25) is 0 Å². The summed E-state index contributed by atoms with van der Waals surface area (Å²) in [5.74, 6) is 0.385. The van der Waals surface area contributed by atoms with Gasteiger partial charge in [0.05, 0.1) is 12.2 Å². The molecule has 0 spiro atoms. The van der Waals surface area contributed by atoms with E-state index in [0.717, 1.165) is 10.5 Å². The summed E-state index contributed by atoms with van der Waals surface area (Å²) in [6.07, 6.45) is 4.10. The molecule has 1 amide bonds. The van der Waals surface area contributed by atoms with E-state index < -0.39 is 0 Å². The molecule has 134 valence electrons. The van der Waals surface area contributed by atoms with Gasteiger partial charge in [-0.1, -0.05) is 30.3 Å². The predicted molar refractivity (Wildman–Crippen MR) is 102 cm³/mol. The van der Waals surface area contributed by atoms with Gasteiger partial charge in [0.15, 0.2) is 4.96 Å². The second-order valence-electron chi connectivity index (χ2n) is 6.40. The number of imidazole rings is 1. The molecule has 7 nitrogen and oxygen atoms in total. The highest BCUT2D eigenvalue weighted by atomic mass is 32.1. The summed E-state index contributed by atoms with van der Waals surface area (Å²) in [6, 6.07) is 9.50. The molecule has 0 aliphatic carbocycles. The summed E-state index contributed by atoms with van der Waals surface area (Å²) in [7, 11) is 0. The van der Waals surface area contributed by atoms with Crippen molar-refractivity contribution in [1.82, 2.24) is 24.3 Å². The Kier molecular flexibility index (Phi) is 3.64. The van der Waals surface area contributed by atoms with Crippen LogP contribution in [0.25, 0.3) is 16.3 Å². The van der Waals surface area contributed by atoms with E-state index in [0.29, 0.717) is 42.3 Å². The SMILES string of the molecule is O=C(c1cn2ccsc2n1)N1CCc2c(nc(-c3ccccc3)[nH]c2=O)C1. The number of hydrogen-bond acceptors (Lipinski definition) is 5. The quantitative estimate of drug-likeness (QED) is 0.581. The molecular weight excluding hydrogens is 362 g/mol. The zero-order valence-electron chi connectivity index (χ0n) is 14.3. The third-order valence-corrected chi connectivity index (χ3v) is 5.49. The van der Waals surface area contributed by atoms with Crippen molar-refractivity contribution < 1.29 is 4.79 Å². The van der Waals surface area contributed by atoms with Crippen molar-refractivity contribution in [3.63, 3.8) is 0 Å². The largest absolute Gasteiger partial charge is 0.331 e. The van der Waals surface area contributed by atoms with Crippen LogP contribution >= 0.6 is 11.3 Å². The molecule has 0 fully saturated rings. The van der Waals surface area contributed by atoms with Gasteiger partial charge in [0.25, 0.3) is 11.5 Å². The van der Waals surface area contributed by atoms with Crippen LogP contribution < -0.4 is 5.56 Å². The van der Waals surface area contributed by atoms with Crippen LogP contribution in [0.2, 0.25) is 0 Å². The van der Waals surface area contributed by atoms with Crippen LogP contribution in [-0.4, -0.2) is 36.7 Å². The summed E-state index contributed by atoms with van der Waals surface area (Å²) in [6.45, 7) is 0.787. The fraction of sp³-hybridized carbons (Fsp3) is 0.158. The number of aromatic amines is 1. The Labute approximate surface area is 157 Å². The zero-order valence-corrected chi connectivity index (χ0v) is 15.1. The van der Waals surface area contributed by atoms with Gasteiger partial charge in [-0.15, -0.1) is 11.3 Å². The van der Waals surface area contributed by atoms with Gasteiger partial charge in [-0.2, -0.15) is 0 Å². The van der Waals surface area contributed by atoms with Crippen molar-refractivity contribution in [3.8, 4) is 11.4 Å². The first-order valence-electron chi connectivity index (χ1n) is 8.58. The zero-order chi connectivity index (χ0) is 18.4. The van der Waals surface area contributed by atoms with Crippen LogP contribution in [0, 0.1) is 0 Å². The fourth-order valence-corrected chi connectivity index (χ4v) is 4.04. The topological polar surface area (TPSA) is 83.4 Å². The number of fused-ring (bicyclic) bond motifs is 2. The van der Waals surface area contributed by atoms with Crippen molar-refractivity contribution in [2.24, 2.45) is 0 Å². The summed E-state index contributed by atoms with van der Waals surface area (Å²) >= 11 is 1.49. The first kappa shape index (κ1) is 16.0. The average Bonchev–Trinajstić information content (AvgIpc) is 3.30. The number of benzene rings is 1. The average molecular weight is 377 g/mol. The highest BCUT2D eigenvalue weighted by molar-refractivity contribution is 7.15. The van der Waals surface area contributed by atoms with E-state index in [4.69, 9.17) is 0 Å². The number of carbonyl (C=O) groups excluding carboxylic acids is 1. The van der Waals surface area contributed by atoms with Crippen LogP contribution in [0.4, 0.5) is 0 Å².